The molecule has 3 atom stereocenters. The lowest BCUT2D eigenvalue weighted by molar-refractivity contribution is 0.894. The number of alkyl halides is 1. The van der Waals surface area contributed by atoms with Gasteiger partial charge in [0.05, 0.1) is 9.90 Å². The van der Waals surface area contributed by atoms with Gasteiger partial charge < -0.3 is 0 Å². The van der Waals surface area contributed by atoms with Gasteiger partial charge in [0.25, 0.3) is 0 Å². The number of hydrogen-bond donors (Lipinski definition) is 0. The van der Waals surface area contributed by atoms with Crippen molar-refractivity contribution < 1.29 is 0 Å². The van der Waals surface area contributed by atoms with E-state index < -0.39 is 0 Å². The maximum absolute atomic E-state index is 6.54. The fraction of sp³-hybridized carbons (Fsp3) is 0.429. The van der Waals surface area contributed by atoms with Crippen molar-refractivity contribution in [3.05, 3.63) is 44.9 Å². The summed E-state index contributed by atoms with van der Waals surface area (Å²) in [5.74, 6) is 0.700. The molecule has 0 radical (unpaired) electrons. The third-order valence-electron chi connectivity index (χ3n) is 3.56. The van der Waals surface area contributed by atoms with Crippen molar-refractivity contribution in [1.29, 1.82) is 0 Å². The Hall–Kier alpha value is 0.0200. The number of halogens is 3. The van der Waals surface area contributed by atoms with Crippen LogP contribution in [-0.2, 0) is 0 Å². The molecule has 1 fully saturated rings. The predicted molar refractivity (Wildman–Crippen MR) is 79.2 cm³/mol. The van der Waals surface area contributed by atoms with Crippen LogP contribution in [0.4, 0.5) is 0 Å². The lowest BCUT2D eigenvalue weighted by Gasteiger charge is -2.07. The fourth-order valence-corrected chi connectivity index (χ4v) is 3.89. The molecule has 0 spiro atoms. The van der Waals surface area contributed by atoms with Crippen LogP contribution >= 0.6 is 39.1 Å². The maximum atomic E-state index is 6.54. The number of rotatable bonds is 2. The van der Waals surface area contributed by atoms with Crippen LogP contribution in [0.25, 0.3) is 0 Å². The molecule has 1 saturated carbocycles. The fourth-order valence-electron chi connectivity index (χ4n) is 2.70. The second-order valence-electron chi connectivity index (χ2n) is 5.09. The van der Waals surface area contributed by atoms with Crippen molar-refractivity contribution in [2.75, 3.05) is 0 Å². The summed E-state index contributed by atoms with van der Waals surface area (Å²) in [4.78, 5) is -0.203. The Morgan fingerprint density at radius 1 is 1.47 bits per heavy atom. The van der Waals surface area contributed by atoms with E-state index in [-0.39, 0.29) is 4.87 Å². The van der Waals surface area contributed by atoms with Gasteiger partial charge in [0.1, 0.15) is 0 Å². The molecule has 3 heteroatoms. The van der Waals surface area contributed by atoms with Crippen LogP contribution in [0.2, 0.25) is 5.02 Å². The molecule has 0 saturated heterocycles. The molecule has 0 aliphatic heterocycles. The summed E-state index contributed by atoms with van der Waals surface area (Å²) in [7, 11) is 0. The largest absolute Gasteiger partial charge is 0.118 e. The highest BCUT2D eigenvalue weighted by Gasteiger charge is 2.61. The van der Waals surface area contributed by atoms with E-state index >= 15 is 0 Å². The highest BCUT2D eigenvalue weighted by Crippen LogP contribution is 2.64. The molecule has 0 aromatic heterocycles. The molecule has 17 heavy (non-hydrogen) atoms. The molecule has 0 N–H and O–H groups in total. The molecule has 0 amide bonds. The second-order valence-corrected chi connectivity index (χ2v) is 7.13. The first-order valence-electron chi connectivity index (χ1n) is 5.56. The molecule has 1 aliphatic rings. The Balaban J connectivity index is 2.41. The highest BCUT2D eigenvalue weighted by atomic mass is 79.9. The summed E-state index contributed by atoms with van der Waals surface area (Å²) in [5.41, 5.74) is 3.47. The van der Waals surface area contributed by atoms with Crippen LogP contribution in [0.3, 0.4) is 0 Å². The van der Waals surface area contributed by atoms with Gasteiger partial charge in [-0.15, -0.1) is 11.6 Å². The van der Waals surface area contributed by atoms with Crippen molar-refractivity contribution in [3.63, 3.8) is 0 Å². The Labute approximate surface area is 121 Å². The standard InChI is InChI=1S/C14H15BrCl2/c1-7(2)11-12(14(11,4)17)9-5-8(3)13(16)10(15)6-9/h5-6,11-12H,1H2,2-4H3. The summed E-state index contributed by atoms with van der Waals surface area (Å²) in [6.45, 7) is 10.2. The topological polar surface area (TPSA) is 0 Å². The maximum Gasteiger partial charge on any atom is 0.0577 e. The van der Waals surface area contributed by atoms with E-state index in [4.69, 9.17) is 23.2 Å². The van der Waals surface area contributed by atoms with Gasteiger partial charge in [0, 0.05) is 16.3 Å². The van der Waals surface area contributed by atoms with Gasteiger partial charge in [0.15, 0.2) is 0 Å². The van der Waals surface area contributed by atoms with Crippen LogP contribution in [0.5, 0.6) is 0 Å². The van der Waals surface area contributed by atoms with Crippen molar-refractivity contribution in [1.82, 2.24) is 0 Å². The van der Waals surface area contributed by atoms with Gasteiger partial charge in [-0.25, -0.2) is 0 Å². The molecular weight excluding hydrogens is 319 g/mol. The molecule has 1 aromatic rings. The van der Waals surface area contributed by atoms with Gasteiger partial charge >= 0.3 is 0 Å². The molecule has 1 aromatic carbocycles. The summed E-state index contributed by atoms with van der Waals surface area (Å²) < 4.78 is 0.939. The smallest absolute Gasteiger partial charge is 0.0577 e. The van der Waals surface area contributed by atoms with Crippen molar-refractivity contribution in [2.24, 2.45) is 5.92 Å². The number of aryl methyl sites for hydroxylation is 1. The Kier molecular flexibility index (Phi) is 3.40. The lowest BCUT2D eigenvalue weighted by atomic mass is 10.0. The second kappa shape index (κ2) is 4.29. The predicted octanol–water partition coefficient (Wildman–Crippen LogP) is 5.70. The van der Waals surface area contributed by atoms with Gasteiger partial charge in [-0.3, -0.25) is 0 Å². The molecule has 0 bridgehead atoms. The van der Waals surface area contributed by atoms with Crippen molar-refractivity contribution in [2.45, 2.75) is 31.6 Å². The molecule has 0 heterocycles. The van der Waals surface area contributed by atoms with Crippen LogP contribution in [0, 0.1) is 12.8 Å². The van der Waals surface area contributed by atoms with Crippen LogP contribution in [-0.4, -0.2) is 4.87 Å². The first-order valence-corrected chi connectivity index (χ1v) is 7.11. The summed E-state index contributed by atoms with van der Waals surface area (Å²) in [6, 6.07) is 4.20. The van der Waals surface area contributed by atoms with Gasteiger partial charge in [-0.1, -0.05) is 29.8 Å². The van der Waals surface area contributed by atoms with Crippen molar-refractivity contribution >= 4 is 39.1 Å². The Morgan fingerprint density at radius 3 is 2.47 bits per heavy atom. The monoisotopic (exact) mass is 332 g/mol. The molecule has 92 valence electrons. The summed E-state index contributed by atoms with van der Waals surface area (Å²) in [6.07, 6.45) is 0. The zero-order valence-corrected chi connectivity index (χ0v) is 13.2. The number of hydrogen-bond acceptors (Lipinski definition) is 0. The number of allylic oxidation sites excluding steroid dienone is 1. The third-order valence-corrected chi connectivity index (χ3v) is 5.39. The average Bonchev–Trinajstić information content (AvgIpc) is 2.77. The van der Waals surface area contributed by atoms with Crippen molar-refractivity contribution in [3.8, 4) is 0 Å². The molecular formula is C14H15BrCl2. The normalized spacial score (nSPS) is 31.4. The van der Waals surface area contributed by atoms with E-state index in [2.05, 4.69) is 41.6 Å². The van der Waals surface area contributed by atoms with Gasteiger partial charge in [0.2, 0.25) is 0 Å². The minimum atomic E-state index is -0.203. The first kappa shape index (κ1) is 13.5. The van der Waals surface area contributed by atoms with E-state index in [1.54, 1.807) is 0 Å². The molecule has 3 unspecified atom stereocenters. The summed E-state index contributed by atoms with van der Waals surface area (Å²) >= 11 is 16.2. The average molecular weight is 334 g/mol. The third kappa shape index (κ3) is 2.18. The minimum absolute atomic E-state index is 0.203. The van der Waals surface area contributed by atoms with E-state index in [0.717, 1.165) is 20.6 Å². The quantitative estimate of drug-likeness (QED) is 0.481. The van der Waals surface area contributed by atoms with Gasteiger partial charge in [-0.05, 0) is 53.9 Å². The zero-order chi connectivity index (χ0) is 13.0. The zero-order valence-electron chi connectivity index (χ0n) is 10.2. The first-order chi connectivity index (χ1) is 7.76. The van der Waals surface area contributed by atoms with Gasteiger partial charge in [-0.2, -0.15) is 0 Å². The van der Waals surface area contributed by atoms with E-state index in [1.165, 1.54) is 5.56 Å². The molecule has 1 aliphatic carbocycles. The Bertz CT molecular complexity index is 468. The molecule has 2 rings (SSSR count). The molecule has 0 nitrogen and oxygen atoms in total. The summed E-state index contributed by atoms with van der Waals surface area (Å²) in [5, 5.41) is 0.776. The highest BCUT2D eigenvalue weighted by molar-refractivity contribution is 9.10. The van der Waals surface area contributed by atoms with E-state index in [1.807, 2.05) is 13.8 Å². The Morgan fingerprint density at radius 2 is 2.06 bits per heavy atom. The van der Waals surface area contributed by atoms with Crippen LogP contribution < -0.4 is 0 Å². The number of benzene rings is 1. The minimum Gasteiger partial charge on any atom is -0.118 e. The van der Waals surface area contributed by atoms with Crippen LogP contribution in [0.15, 0.2) is 28.8 Å². The van der Waals surface area contributed by atoms with Crippen LogP contribution in [0.1, 0.15) is 30.9 Å². The van der Waals surface area contributed by atoms with E-state index in [9.17, 15) is 0 Å². The lowest BCUT2D eigenvalue weighted by Crippen LogP contribution is -1.96. The van der Waals surface area contributed by atoms with E-state index in [0.29, 0.717) is 11.8 Å². The SMILES string of the molecule is C=C(C)C1C(c2cc(C)c(Cl)c(Br)c2)C1(C)Cl.